The summed E-state index contributed by atoms with van der Waals surface area (Å²) in [6, 6.07) is 7.85. The Balaban J connectivity index is 0.000000531. The summed E-state index contributed by atoms with van der Waals surface area (Å²) in [5, 5.41) is 5.20. The Morgan fingerprint density at radius 3 is 2.67 bits per heavy atom. The topological polar surface area (TPSA) is 34.9 Å². The van der Waals surface area contributed by atoms with Crippen LogP contribution in [0.3, 0.4) is 0 Å². The second-order valence-electron chi connectivity index (χ2n) is 3.06. The number of para-hydroxylation sites is 1. The van der Waals surface area contributed by atoms with Crippen molar-refractivity contribution in [3.05, 3.63) is 30.5 Å². The fourth-order valence-corrected chi connectivity index (χ4v) is 1.36. The van der Waals surface area contributed by atoms with Gasteiger partial charge in [-0.3, -0.25) is 9.48 Å². The minimum atomic E-state index is 0.119. The molecule has 3 nitrogen and oxygen atoms in total. The maximum Gasteiger partial charge on any atom is 0.151 e. The first kappa shape index (κ1) is 11.4. The van der Waals surface area contributed by atoms with E-state index in [1.54, 1.807) is 17.8 Å². The standard InChI is InChI=1S/C10H10N2O.C2H6/c1-8(13)7-12-10-5-3-2-4-9(10)6-11-12;1-2/h2-6H,7H2,1H3;1-2H3. The molecule has 0 fully saturated rings. The SMILES string of the molecule is CC.CC(=O)Cn1ncc2ccccc21. The molecule has 0 bridgehead atoms. The largest absolute Gasteiger partial charge is 0.298 e. The Bertz CT molecular complexity index is 446. The quantitative estimate of drug-likeness (QED) is 0.753. The van der Waals surface area contributed by atoms with Crippen molar-refractivity contribution >= 4 is 16.7 Å². The lowest BCUT2D eigenvalue weighted by Gasteiger charge is -1.98. The van der Waals surface area contributed by atoms with Crippen molar-refractivity contribution in [1.29, 1.82) is 0 Å². The molecule has 1 aromatic carbocycles. The molecule has 2 aromatic rings. The Labute approximate surface area is 89.7 Å². The molecule has 0 N–H and O–H groups in total. The van der Waals surface area contributed by atoms with Gasteiger partial charge in [0.1, 0.15) is 0 Å². The highest BCUT2D eigenvalue weighted by atomic mass is 16.1. The number of hydrogen-bond donors (Lipinski definition) is 0. The van der Waals surface area contributed by atoms with Gasteiger partial charge in [0.05, 0.1) is 18.3 Å². The Kier molecular flexibility index (Phi) is 4.03. The molecule has 0 aliphatic rings. The predicted octanol–water partition coefficient (Wildman–Crippen LogP) is 2.65. The smallest absolute Gasteiger partial charge is 0.151 e. The first-order valence-electron chi connectivity index (χ1n) is 5.17. The van der Waals surface area contributed by atoms with E-state index >= 15 is 0 Å². The number of benzene rings is 1. The van der Waals surface area contributed by atoms with Crippen molar-refractivity contribution in [1.82, 2.24) is 9.78 Å². The maximum atomic E-state index is 10.9. The fourth-order valence-electron chi connectivity index (χ4n) is 1.36. The zero-order chi connectivity index (χ0) is 11.3. The molecule has 0 saturated carbocycles. The zero-order valence-corrected chi connectivity index (χ0v) is 9.40. The third kappa shape index (κ3) is 2.65. The number of ketones is 1. The first-order chi connectivity index (χ1) is 7.27. The van der Waals surface area contributed by atoms with Crippen LogP contribution >= 0.6 is 0 Å². The van der Waals surface area contributed by atoms with E-state index in [1.165, 1.54) is 0 Å². The summed E-state index contributed by atoms with van der Waals surface area (Å²) in [4.78, 5) is 10.9. The van der Waals surface area contributed by atoms with E-state index in [4.69, 9.17) is 0 Å². The highest BCUT2D eigenvalue weighted by Crippen LogP contribution is 2.11. The highest BCUT2D eigenvalue weighted by molar-refractivity contribution is 5.81. The van der Waals surface area contributed by atoms with E-state index in [9.17, 15) is 4.79 Å². The number of carbonyl (C=O) groups excluding carboxylic acids is 1. The molecule has 80 valence electrons. The zero-order valence-electron chi connectivity index (χ0n) is 9.40. The second kappa shape index (κ2) is 5.29. The summed E-state index contributed by atoms with van der Waals surface area (Å²) in [5.74, 6) is 0.119. The van der Waals surface area contributed by atoms with Crippen molar-refractivity contribution < 1.29 is 4.79 Å². The average molecular weight is 204 g/mol. The van der Waals surface area contributed by atoms with Crippen molar-refractivity contribution in [2.75, 3.05) is 0 Å². The van der Waals surface area contributed by atoms with E-state index in [-0.39, 0.29) is 5.78 Å². The minimum absolute atomic E-state index is 0.119. The van der Waals surface area contributed by atoms with Gasteiger partial charge in [0, 0.05) is 5.39 Å². The molecule has 0 atom stereocenters. The summed E-state index contributed by atoms with van der Waals surface area (Å²) in [6.45, 7) is 5.92. The number of rotatable bonds is 2. The minimum Gasteiger partial charge on any atom is -0.298 e. The molecule has 2 rings (SSSR count). The summed E-state index contributed by atoms with van der Waals surface area (Å²) in [7, 11) is 0. The Morgan fingerprint density at radius 1 is 1.33 bits per heavy atom. The normalized spacial score (nSPS) is 9.53. The number of hydrogen-bond acceptors (Lipinski definition) is 2. The van der Waals surface area contributed by atoms with Crippen LogP contribution in [0.15, 0.2) is 30.5 Å². The number of nitrogens with zero attached hydrogens (tertiary/aromatic N) is 2. The van der Waals surface area contributed by atoms with E-state index < -0.39 is 0 Å². The predicted molar refractivity (Wildman–Crippen MR) is 61.8 cm³/mol. The van der Waals surface area contributed by atoms with Crippen LogP contribution in [-0.2, 0) is 11.3 Å². The summed E-state index contributed by atoms with van der Waals surface area (Å²) in [5.41, 5.74) is 1.01. The van der Waals surface area contributed by atoms with E-state index in [0.717, 1.165) is 10.9 Å². The van der Waals surface area contributed by atoms with Crippen LogP contribution in [0.5, 0.6) is 0 Å². The van der Waals surface area contributed by atoms with Crippen molar-refractivity contribution in [3.63, 3.8) is 0 Å². The van der Waals surface area contributed by atoms with Gasteiger partial charge in [0.2, 0.25) is 0 Å². The third-order valence-corrected chi connectivity index (χ3v) is 1.92. The molecule has 0 amide bonds. The number of carbonyl (C=O) groups is 1. The van der Waals surface area contributed by atoms with Gasteiger partial charge in [0.25, 0.3) is 0 Å². The van der Waals surface area contributed by atoms with Gasteiger partial charge in [-0.2, -0.15) is 5.10 Å². The van der Waals surface area contributed by atoms with E-state index in [1.807, 2.05) is 38.1 Å². The molecular formula is C12H16N2O. The number of fused-ring (bicyclic) bond motifs is 1. The Morgan fingerprint density at radius 2 is 2.00 bits per heavy atom. The maximum absolute atomic E-state index is 10.9. The van der Waals surface area contributed by atoms with E-state index in [0.29, 0.717) is 6.54 Å². The van der Waals surface area contributed by atoms with Crippen LogP contribution in [0, 0.1) is 0 Å². The summed E-state index contributed by atoms with van der Waals surface area (Å²) in [6.07, 6.45) is 1.78. The molecule has 0 aliphatic carbocycles. The summed E-state index contributed by atoms with van der Waals surface area (Å²) >= 11 is 0. The van der Waals surface area contributed by atoms with Crippen LogP contribution in [0.4, 0.5) is 0 Å². The molecule has 3 heteroatoms. The lowest BCUT2D eigenvalue weighted by Crippen LogP contribution is -2.06. The molecule has 1 aromatic heterocycles. The monoisotopic (exact) mass is 204 g/mol. The van der Waals surface area contributed by atoms with Gasteiger partial charge in [-0.05, 0) is 13.0 Å². The molecule has 1 heterocycles. The molecule has 0 saturated heterocycles. The molecule has 0 unspecified atom stereocenters. The van der Waals surface area contributed by atoms with Gasteiger partial charge in [-0.25, -0.2) is 0 Å². The van der Waals surface area contributed by atoms with Crippen LogP contribution in [-0.4, -0.2) is 15.6 Å². The van der Waals surface area contributed by atoms with Crippen LogP contribution in [0.2, 0.25) is 0 Å². The second-order valence-corrected chi connectivity index (χ2v) is 3.06. The van der Waals surface area contributed by atoms with Crippen molar-refractivity contribution in [3.8, 4) is 0 Å². The third-order valence-electron chi connectivity index (χ3n) is 1.92. The fraction of sp³-hybridized carbons (Fsp3) is 0.333. The van der Waals surface area contributed by atoms with Crippen molar-refractivity contribution in [2.24, 2.45) is 0 Å². The first-order valence-corrected chi connectivity index (χ1v) is 5.17. The summed E-state index contributed by atoms with van der Waals surface area (Å²) < 4.78 is 1.72. The molecule has 0 aliphatic heterocycles. The van der Waals surface area contributed by atoms with Gasteiger partial charge < -0.3 is 0 Å². The molecule has 0 spiro atoms. The van der Waals surface area contributed by atoms with Crippen molar-refractivity contribution in [2.45, 2.75) is 27.3 Å². The number of aromatic nitrogens is 2. The highest BCUT2D eigenvalue weighted by Gasteiger charge is 2.02. The van der Waals surface area contributed by atoms with Gasteiger partial charge in [-0.1, -0.05) is 32.0 Å². The molecule has 15 heavy (non-hydrogen) atoms. The van der Waals surface area contributed by atoms with Crippen LogP contribution in [0.25, 0.3) is 10.9 Å². The average Bonchev–Trinajstić information content (AvgIpc) is 2.64. The number of Topliss-reactive ketones (excluding diaryl/α,β-unsaturated/α-hetero) is 1. The van der Waals surface area contributed by atoms with Gasteiger partial charge in [-0.15, -0.1) is 0 Å². The molecular weight excluding hydrogens is 188 g/mol. The molecule has 0 radical (unpaired) electrons. The lowest BCUT2D eigenvalue weighted by molar-refractivity contribution is -0.117. The lowest BCUT2D eigenvalue weighted by atomic mass is 10.2. The van der Waals surface area contributed by atoms with Gasteiger partial charge in [0.15, 0.2) is 5.78 Å². The van der Waals surface area contributed by atoms with Crippen LogP contribution in [0.1, 0.15) is 20.8 Å². The van der Waals surface area contributed by atoms with Gasteiger partial charge >= 0.3 is 0 Å². The van der Waals surface area contributed by atoms with E-state index in [2.05, 4.69) is 5.10 Å². The Hall–Kier alpha value is -1.64. The van der Waals surface area contributed by atoms with Crippen LogP contribution < -0.4 is 0 Å².